The maximum atomic E-state index is 13.3. The highest BCUT2D eigenvalue weighted by Crippen LogP contribution is 2.54. The third-order valence-corrected chi connectivity index (χ3v) is 5.96. The molecule has 4 atom stereocenters. The topological polar surface area (TPSA) is 71.6 Å². The molecule has 3 aliphatic heterocycles. The van der Waals surface area contributed by atoms with Gasteiger partial charge in [0.25, 0.3) is 0 Å². The second kappa shape index (κ2) is 5.59. The van der Waals surface area contributed by atoms with Crippen LogP contribution in [0.4, 0.5) is 4.39 Å². The number of halogens is 1. The number of aliphatic hydroxyl groups excluding tert-OH is 1. The first-order valence-electron chi connectivity index (χ1n) is 8.76. The molecule has 5 rings (SSSR count). The maximum Gasteiger partial charge on any atom is 0.247 e. The van der Waals surface area contributed by atoms with Gasteiger partial charge >= 0.3 is 0 Å². The van der Waals surface area contributed by atoms with Crippen LogP contribution in [0.3, 0.4) is 0 Å². The lowest BCUT2D eigenvalue weighted by Gasteiger charge is -2.28. The third-order valence-electron chi connectivity index (χ3n) is 5.96. The van der Waals surface area contributed by atoms with Crippen LogP contribution in [-0.4, -0.2) is 51.6 Å². The van der Waals surface area contributed by atoms with Crippen molar-refractivity contribution in [1.82, 2.24) is 15.1 Å². The number of nitrogens with zero attached hydrogens (tertiary/aromatic N) is 3. The summed E-state index contributed by atoms with van der Waals surface area (Å²) in [6.07, 6.45) is 2.33. The van der Waals surface area contributed by atoms with Crippen LogP contribution in [0.5, 0.6) is 0 Å². The predicted molar refractivity (Wildman–Crippen MR) is 85.9 cm³/mol. The van der Waals surface area contributed by atoms with Crippen LogP contribution in [0.1, 0.15) is 18.7 Å². The van der Waals surface area contributed by atoms with Gasteiger partial charge in [-0.2, -0.15) is 0 Å². The van der Waals surface area contributed by atoms with Crippen LogP contribution in [0.15, 0.2) is 28.7 Å². The molecule has 6 nitrogen and oxygen atoms in total. The fourth-order valence-electron chi connectivity index (χ4n) is 4.90. The molecule has 2 bridgehead atoms. The van der Waals surface area contributed by atoms with Crippen molar-refractivity contribution in [3.8, 4) is 11.5 Å². The normalized spacial score (nSPS) is 33.9. The summed E-state index contributed by atoms with van der Waals surface area (Å²) < 4.78 is 25.3. The van der Waals surface area contributed by atoms with E-state index in [1.165, 1.54) is 12.1 Å². The number of benzene rings is 1. The van der Waals surface area contributed by atoms with Crippen molar-refractivity contribution in [1.29, 1.82) is 0 Å². The smallest absolute Gasteiger partial charge is 0.247 e. The summed E-state index contributed by atoms with van der Waals surface area (Å²) in [6.45, 7) is 2.45. The first-order valence-corrected chi connectivity index (χ1v) is 8.76. The van der Waals surface area contributed by atoms with Gasteiger partial charge in [-0.25, -0.2) is 4.39 Å². The molecule has 3 fully saturated rings. The average molecular weight is 345 g/mol. The van der Waals surface area contributed by atoms with Gasteiger partial charge in [0.05, 0.1) is 18.2 Å². The Balaban J connectivity index is 1.31. The van der Waals surface area contributed by atoms with Crippen LogP contribution in [0, 0.1) is 17.7 Å². The van der Waals surface area contributed by atoms with E-state index in [-0.39, 0.29) is 30.0 Å². The highest BCUT2D eigenvalue weighted by atomic mass is 19.1. The van der Waals surface area contributed by atoms with Crippen molar-refractivity contribution in [2.75, 3.05) is 19.7 Å². The first kappa shape index (κ1) is 15.4. The number of rotatable bonds is 4. The van der Waals surface area contributed by atoms with Crippen LogP contribution in [0.25, 0.3) is 11.5 Å². The molecule has 0 saturated carbocycles. The number of aromatic nitrogens is 2. The summed E-state index contributed by atoms with van der Waals surface area (Å²) in [5.74, 6) is 1.14. The summed E-state index contributed by atoms with van der Waals surface area (Å²) in [5, 5.41) is 17.8. The SMILES string of the molecule is OC[C@H]1[C@@H]2CC[C@@]3(CN(Cc4nnc(-c5cccc(F)c5)o4)C[C@@H]13)O2. The molecule has 0 radical (unpaired) electrons. The highest BCUT2D eigenvalue weighted by molar-refractivity contribution is 5.52. The molecule has 25 heavy (non-hydrogen) atoms. The van der Waals surface area contributed by atoms with Crippen LogP contribution < -0.4 is 0 Å². The molecule has 0 unspecified atom stereocenters. The van der Waals surface area contributed by atoms with Crippen molar-refractivity contribution in [3.63, 3.8) is 0 Å². The molecule has 0 amide bonds. The number of hydrogen-bond acceptors (Lipinski definition) is 6. The van der Waals surface area contributed by atoms with E-state index < -0.39 is 0 Å². The van der Waals surface area contributed by atoms with Crippen molar-refractivity contribution in [2.45, 2.75) is 31.1 Å². The van der Waals surface area contributed by atoms with Crippen molar-refractivity contribution in [3.05, 3.63) is 36.0 Å². The minimum absolute atomic E-state index is 0.108. The van der Waals surface area contributed by atoms with E-state index in [1.54, 1.807) is 12.1 Å². The van der Waals surface area contributed by atoms with Gasteiger partial charge in [0.15, 0.2) is 0 Å². The van der Waals surface area contributed by atoms with E-state index in [4.69, 9.17) is 9.15 Å². The number of ether oxygens (including phenoxy) is 1. The maximum absolute atomic E-state index is 13.3. The number of likely N-dealkylation sites (tertiary alicyclic amines) is 1. The fourth-order valence-corrected chi connectivity index (χ4v) is 4.90. The molecule has 0 aliphatic carbocycles. The Bertz CT molecular complexity index is 797. The Hall–Kier alpha value is -1.83. The molecule has 1 aromatic carbocycles. The lowest BCUT2D eigenvalue weighted by molar-refractivity contribution is -0.000194. The van der Waals surface area contributed by atoms with E-state index in [0.29, 0.717) is 29.8 Å². The van der Waals surface area contributed by atoms with E-state index in [1.807, 2.05) is 0 Å². The first-order chi connectivity index (χ1) is 12.2. The Morgan fingerprint density at radius 2 is 2.28 bits per heavy atom. The van der Waals surface area contributed by atoms with E-state index in [0.717, 1.165) is 25.9 Å². The summed E-state index contributed by atoms with van der Waals surface area (Å²) in [7, 11) is 0. The van der Waals surface area contributed by atoms with Gasteiger partial charge in [0.1, 0.15) is 5.82 Å². The minimum Gasteiger partial charge on any atom is -0.419 e. The van der Waals surface area contributed by atoms with Crippen LogP contribution >= 0.6 is 0 Å². The van der Waals surface area contributed by atoms with Gasteiger partial charge in [0, 0.05) is 37.1 Å². The van der Waals surface area contributed by atoms with Crippen LogP contribution in [-0.2, 0) is 11.3 Å². The summed E-state index contributed by atoms with van der Waals surface area (Å²) in [4.78, 5) is 2.26. The average Bonchev–Trinajstić information content (AvgIpc) is 3.34. The lowest BCUT2D eigenvalue weighted by Crippen LogP contribution is -2.37. The minimum atomic E-state index is -0.327. The fraction of sp³-hybridized carbons (Fsp3) is 0.556. The van der Waals surface area contributed by atoms with Gasteiger partial charge in [-0.3, -0.25) is 4.90 Å². The molecule has 1 aromatic heterocycles. The van der Waals surface area contributed by atoms with Crippen molar-refractivity contribution >= 4 is 0 Å². The summed E-state index contributed by atoms with van der Waals surface area (Å²) in [6, 6.07) is 6.14. The Morgan fingerprint density at radius 3 is 3.12 bits per heavy atom. The number of hydrogen-bond donors (Lipinski definition) is 1. The highest BCUT2D eigenvalue weighted by Gasteiger charge is 2.62. The summed E-state index contributed by atoms with van der Waals surface area (Å²) in [5.41, 5.74) is 0.474. The van der Waals surface area contributed by atoms with Crippen molar-refractivity contribution in [2.24, 2.45) is 11.8 Å². The van der Waals surface area contributed by atoms with E-state index in [9.17, 15) is 9.50 Å². The largest absolute Gasteiger partial charge is 0.419 e. The second-order valence-corrected chi connectivity index (χ2v) is 7.39. The molecule has 132 valence electrons. The molecule has 3 aliphatic rings. The number of aliphatic hydroxyl groups is 1. The molecular formula is C18H20FN3O3. The quantitative estimate of drug-likeness (QED) is 0.912. The molecule has 7 heteroatoms. The molecule has 3 saturated heterocycles. The second-order valence-electron chi connectivity index (χ2n) is 7.39. The Morgan fingerprint density at radius 1 is 1.36 bits per heavy atom. The van der Waals surface area contributed by atoms with E-state index >= 15 is 0 Å². The molecule has 4 heterocycles. The lowest BCUT2D eigenvalue weighted by atomic mass is 9.74. The van der Waals surface area contributed by atoms with E-state index in [2.05, 4.69) is 15.1 Å². The van der Waals surface area contributed by atoms with Gasteiger partial charge in [-0.1, -0.05) is 6.07 Å². The third kappa shape index (κ3) is 2.41. The summed E-state index contributed by atoms with van der Waals surface area (Å²) >= 11 is 0. The van der Waals surface area contributed by atoms with Crippen LogP contribution in [0.2, 0.25) is 0 Å². The van der Waals surface area contributed by atoms with Gasteiger partial charge in [0.2, 0.25) is 11.8 Å². The zero-order valence-electron chi connectivity index (χ0n) is 13.8. The molecule has 1 spiro atoms. The predicted octanol–water partition coefficient (Wildman–Crippen LogP) is 1.85. The standard InChI is InChI=1S/C18H20FN3O3/c19-12-3-1-2-11(6-12)17-21-20-16(24-17)8-22-7-14-13(9-23)15-4-5-18(14,10-22)25-15/h1-3,6,13-15,23H,4-5,7-10H2/t13-,14+,15+,18+/m1/s1. The van der Waals surface area contributed by atoms with Gasteiger partial charge in [-0.15, -0.1) is 10.2 Å². The Labute approximate surface area is 144 Å². The molecular weight excluding hydrogens is 325 g/mol. The van der Waals surface area contributed by atoms with Gasteiger partial charge < -0.3 is 14.3 Å². The zero-order valence-corrected chi connectivity index (χ0v) is 13.8. The molecule has 2 aromatic rings. The molecule has 1 N–H and O–H groups in total. The number of fused-ring (bicyclic) bond motifs is 1. The zero-order chi connectivity index (χ0) is 17.0. The Kier molecular flexibility index (Phi) is 3.45. The van der Waals surface area contributed by atoms with Crippen molar-refractivity contribution < 1.29 is 18.7 Å². The van der Waals surface area contributed by atoms with Gasteiger partial charge in [-0.05, 0) is 31.0 Å². The monoisotopic (exact) mass is 345 g/mol.